The second-order valence-electron chi connectivity index (χ2n) is 5.13. The maximum absolute atomic E-state index is 11.5. The van der Waals surface area contributed by atoms with E-state index >= 15 is 0 Å². The van der Waals surface area contributed by atoms with Gasteiger partial charge in [0.15, 0.2) is 0 Å². The van der Waals surface area contributed by atoms with E-state index in [1.165, 1.54) is 5.06 Å². The summed E-state index contributed by atoms with van der Waals surface area (Å²) in [6, 6.07) is 0. The predicted octanol–water partition coefficient (Wildman–Crippen LogP) is 1.39. The minimum absolute atomic E-state index is 0.446. The van der Waals surface area contributed by atoms with E-state index < -0.39 is 11.7 Å². The minimum Gasteiger partial charge on any atom is -0.442 e. The highest BCUT2D eigenvalue weighted by atomic mass is 16.7. The molecule has 5 nitrogen and oxygen atoms in total. The molecule has 1 amide bonds. The first kappa shape index (κ1) is 13.3. The van der Waals surface area contributed by atoms with Crippen molar-refractivity contribution in [3.63, 3.8) is 0 Å². The molecule has 1 heterocycles. The van der Waals surface area contributed by atoms with Gasteiger partial charge in [0, 0.05) is 13.6 Å². The molecule has 1 fully saturated rings. The molecule has 1 rings (SSSR count). The van der Waals surface area contributed by atoms with Gasteiger partial charge in [-0.2, -0.15) is 5.06 Å². The third-order valence-electron chi connectivity index (χ3n) is 2.32. The molecular formula is C11H22N2O3. The molecule has 1 aliphatic rings. The lowest BCUT2D eigenvalue weighted by Gasteiger charge is -2.24. The Morgan fingerprint density at radius 3 is 2.69 bits per heavy atom. The minimum atomic E-state index is -0.483. The summed E-state index contributed by atoms with van der Waals surface area (Å²) in [4.78, 5) is 16.9. The third kappa shape index (κ3) is 4.81. The van der Waals surface area contributed by atoms with E-state index in [-0.39, 0.29) is 0 Å². The number of amides is 1. The molecular weight excluding hydrogens is 208 g/mol. The zero-order valence-corrected chi connectivity index (χ0v) is 10.6. The van der Waals surface area contributed by atoms with Crippen LogP contribution in [0.2, 0.25) is 0 Å². The Balaban J connectivity index is 2.23. The number of carbonyl (C=O) groups excluding carboxylic acids is 1. The van der Waals surface area contributed by atoms with Gasteiger partial charge in [-0.1, -0.05) is 0 Å². The van der Waals surface area contributed by atoms with Gasteiger partial charge in [-0.25, -0.2) is 4.79 Å². The summed E-state index contributed by atoms with van der Waals surface area (Å²) in [7, 11) is 1.58. The summed E-state index contributed by atoms with van der Waals surface area (Å²) in [5, 5.41) is 4.42. The predicted molar refractivity (Wildman–Crippen MR) is 60.9 cm³/mol. The van der Waals surface area contributed by atoms with Crippen LogP contribution >= 0.6 is 0 Å². The fourth-order valence-electron chi connectivity index (χ4n) is 1.45. The van der Waals surface area contributed by atoms with Crippen LogP contribution in [-0.4, -0.2) is 43.5 Å². The monoisotopic (exact) mass is 230 g/mol. The number of hydrogen-bond acceptors (Lipinski definition) is 4. The molecule has 1 N–H and O–H groups in total. The summed E-state index contributed by atoms with van der Waals surface area (Å²) >= 11 is 0. The second kappa shape index (κ2) is 5.50. The number of hydroxylamine groups is 2. The molecule has 16 heavy (non-hydrogen) atoms. The van der Waals surface area contributed by atoms with E-state index in [2.05, 4.69) is 5.32 Å². The lowest BCUT2D eigenvalue weighted by atomic mass is 10.1. The van der Waals surface area contributed by atoms with Crippen molar-refractivity contribution in [3.05, 3.63) is 0 Å². The molecule has 0 aromatic carbocycles. The summed E-state index contributed by atoms with van der Waals surface area (Å²) < 4.78 is 5.16. The van der Waals surface area contributed by atoms with Crippen molar-refractivity contribution >= 4 is 6.09 Å². The molecule has 0 saturated carbocycles. The van der Waals surface area contributed by atoms with Crippen molar-refractivity contribution in [1.29, 1.82) is 0 Å². The van der Waals surface area contributed by atoms with E-state index in [9.17, 15) is 4.79 Å². The summed E-state index contributed by atoms with van der Waals surface area (Å²) in [6.45, 7) is 8.05. The van der Waals surface area contributed by atoms with Crippen LogP contribution in [0.25, 0.3) is 0 Å². The quantitative estimate of drug-likeness (QED) is 0.744. The number of rotatable bonds is 3. The molecule has 1 saturated heterocycles. The molecule has 0 aliphatic carbocycles. The molecule has 1 unspecified atom stereocenters. The van der Waals surface area contributed by atoms with E-state index in [1.807, 2.05) is 20.8 Å². The SMILES string of the molecule is CN(OCC1CCNC1)C(=O)OC(C)(C)C. The number of carbonyl (C=O) groups is 1. The van der Waals surface area contributed by atoms with Crippen LogP contribution in [0.15, 0.2) is 0 Å². The first-order valence-electron chi connectivity index (χ1n) is 5.69. The van der Waals surface area contributed by atoms with Crippen molar-refractivity contribution < 1.29 is 14.4 Å². The van der Waals surface area contributed by atoms with Crippen molar-refractivity contribution in [2.45, 2.75) is 32.8 Å². The Kier molecular flexibility index (Phi) is 4.56. The highest BCUT2D eigenvalue weighted by Gasteiger charge is 2.22. The summed E-state index contributed by atoms with van der Waals surface area (Å²) in [6.07, 6.45) is 0.653. The topological polar surface area (TPSA) is 50.8 Å². The molecule has 0 spiro atoms. The molecule has 94 valence electrons. The van der Waals surface area contributed by atoms with Crippen LogP contribution in [0.3, 0.4) is 0 Å². The first-order chi connectivity index (χ1) is 7.38. The Bertz CT molecular complexity index is 232. The molecule has 1 aliphatic heterocycles. The summed E-state index contributed by atoms with van der Waals surface area (Å²) in [5.41, 5.74) is -0.483. The van der Waals surface area contributed by atoms with E-state index in [4.69, 9.17) is 9.57 Å². The normalized spacial score (nSPS) is 20.9. The standard InChI is InChI=1S/C11H22N2O3/c1-11(2,3)16-10(14)13(4)15-8-9-5-6-12-7-9/h9,12H,5-8H2,1-4H3. The zero-order valence-electron chi connectivity index (χ0n) is 10.6. The van der Waals surface area contributed by atoms with Gasteiger partial charge in [0.1, 0.15) is 5.60 Å². The van der Waals surface area contributed by atoms with Gasteiger partial charge in [0.2, 0.25) is 0 Å². The molecule has 1 atom stereocenters. The van der Waals surface area contributed by atoms with Crippen LogP contribution in [0.5, 0.6) is 0 Å². The average Bonchev–Trinajstić information content (AvgIpc) is 2.63. The largest absolute Gasteiger partial charge is 0.442 e. The molecule has 0 radical (unpaired) electrons. The maximum atomic E-state index is 11.5. The van der Waals surface area contributed by atoms with Crippen molar-refractivity contribution in [3.8, 4) is 0 Å². The molecule has 0 aromatic rings. The Morgan fingerprint density at radius 2 is 2.19 bits per heavy atom. The number of nitrogens with zero attached hydrogens (tertiary/aromatic N) is 1. The van der Waals surface area contributed by atoms with Crippen LogP contribution < -0.4 is 5.32 Å². The van der Waals surface area contributed by atoms with Crippen molar-refractivity contribution in [2.75, 3.05) is 26.7 Å². The van der Waals surface area contributed by atoms with Gasteiger partial charge in [0.05, 0.1) is 6.61 Å². The summed E-state index contributed by atoms with van der Waals surface area (Å²) in [5.74, 6) is 0.491. The van der Waals surface area contributed by atoms with Gasteiger partial charge in [-0.05, 0) is 39.7 Å². The van der Waals surface area contributed by atoms with Gasteiger partial charge >= 0.3 is 6.09 Å². The Hall–Kier alpha value is -0.810. The molecule has 0 aromatic heterocycles. The van der Waals surface area contributed by atoms with E-state index in [1.54, 1.807) is 7.05 Å². The van der Waals surface area contributed by atoms with Crippen molar-refractivity contribution in [1.82, 2.24) is 10.4 Å². The van der Waals surface area contributed by atoms with Gasteiger partial charge < -0.3 is 10.1 Å². The Morgan fingerprint density at radius 1 is 1.50 bits per heavy atom. The number of hydrogen-bond donors (Lipinski definition) is 1. The number of ether oxygens (including phenoxy) is 1. The smallest absolute Gasteiger partial charge is 0.434 e. The average molecular weight is 230 g/mol. The van der Waals surface area contributed by atoms with Crippen LogP contribution in [0.1, 0.15) is 27.2 Å². The van der Waals surface area contributed by atoms with Crippen LogP contribution in [-0.2, 0) is 9.57 Å². The fourth-order valence-corrected chi connectivity index (χ4v) is 1.45. The first-order valence-corrected chi connectivity index (χ1v) is 5.69. The van der Waals surface area contributed by atoms with Gasteiger partial charge in [-0.3, -0.25) is 4.84 Å². The lowest BCUT2D eigenvalue weighted by Crippen LogP contribution is -2.35. The molecule has 5 heteroatoms. The lowest BCUT2D eigenvalue weighted by molar-refractivity contribution is -0.139. The van der Waals surface area contributed by atoms with Crippen LogP contribution in [0, 0.1) is 5.92 Å². The second-order valence-corrected chi connectivity index (χ2v) is 5.13. The van der Waals surface area contributed by atoms with Crippen LogP contribution in [0.4, 0.5) is 4.79 Å². The van der Waals surface area contributed by atoms with E-state index in [0.717, 1.165) is 19.5 Å². The highest BCUT2D eigenvalue weighted by molar-refractivity contribution is 5.66. The maximum Gasteiger partial charge on any atom is 0.434 e. The number of nitrogens with one attached hydrogen (secondary N) is 1. The highest BCUT2D eigenvalue weighted by Crippen LogP contribution is 2.11. The Labute approximate surface area is 97.0 Å². The fraction of sp³-hybridized carbons (Fsp3) is 0.909. The van der Waals surface area contributed by atoms with E-state index in [0.29, 0.717) is 12.5 Å². The molecule has 0 bridgehead atoms. The zero-order chi connectivity index (χ0) is 12.2. The van der Waals surface area contributed by atoms with Gasteiger partial charge in [0.25, 0.3) is 0 Å². The van der Waals surface area contributed by atoms with Gasteiger partial charge in [-0.15, -0.1) is 0 Å². The third-order valence-corrected chi connectivity index (χ3v) is 2.32. The van der Waals surface area contributed by atoms with Crippen molar-refractivity contribution in [2.24, 2.45) is 5.92 Å².